The highest BCUT2D eigenvalue weighted by Crippen LogP contribution is 2.33. The number of ether oxygens (including phenoxy) is 1. The van der Waals surface area contributed by atoms with E-state index in [4.69, 9.17) is 4.74 Å². The maximum Gasteiger partial charge on any atom is 0.410 e. The zero-order chi connectivity index (χ0) is 13.1. The average molecular weight is 251 g/mol. The summed E-state index contributed by atoms with van der Waals surface area (Å²) in [6.45, 7) is 7.38. The lowest BCUT2D eigenvalue weighted by Crippen LogP contribution is -2.42. The Bertz CT molecular complexity index is 414. The molecule has 1 aliphatic heterocycles. The first-order chi connectivity index (χ1) is 8.65. The third kappa shape index (κ3) is 2.35. The first kappa shape index (κ1) is 12.9. The fourth-order valence-electron chi connectivity index (χ4n) is 2.46. The summed E-state index contributed by atoms with van der Waals surface area (Å²) in [5.41, 5.74) is 2.14. The molecule has 1 unspecified atom stereocenters. The lowest BCUT2D eigenvalue weighted by molar-refractivity contribution is 0.0702. The summed E-state index contributed by atoms with van der Waals surface area (Å²) >= 11 is 0. The van der Waals surface area contributed by atoms with E-state index in [1.807, 2.05) is 11.8 Å². The Morgan fingerprint density at radius 2 is 2.44 bits per heavy atom. The second kappa shape index (κ2) is 5.42. The summed E-state index contributed by atoms with van der Waals surface area (Å²) in [5, 5.41) is 0. The molecule has 5 heteroatoms. The topological polar surface area (TPSA) is 58.2 Å². The molecule has 2 rings (SSSR count). The molecular weight excluding hydrogens is 230 g/mol. The molecule has 18 heavy (non-hydrogen) atoms. The molecular formula is C13H21N3O2. The van der Waals surface area contributed by atoms with Crippen LogP contribution in [0, 0.1) is 5.92 Å². The van der Waals surface area contributed by atoms with Gasteiger partial charge in [-0.3, -0.25) is 4.90 Å². The molecule has 0 saturated carbocycles. The Hall–Kier alpha value is -1.52. The summed E-state index contributed by atoms with van der Waals surface area (Å²) in [7, 11) is 0. The summed E-state index contributed by atoms with van der Waals surface area (Å²) in [5.74, 6) is 0.321. The van der Waals surface area contributed by atoms with Crippen LogP contribution in [0.15, 0.2) is 6.33 Å². The fraction of sp³-hybridized carbons (Fsp3) is 0.692. The number of nitrogens with zero attached hydrogens (tertiary/aromatic N) is 2. The molecule has 1 atom stereocenters. The van der Waals surface area contributed by atoms with E-state index in [0.29, 0.717) is 19.1 Å². The van der Waals surface area contributed by atoms with Gasteiger partial charge in [-0.2, -0.15) is 0 Å². The predicted molar refractivity (Wildman–Crippen MR) is 68.2 cm³/mol. The zero-order valence-electron chi connectivity index (χ0n) is 11.3. The van der Waals surface area contributed by atoms with E-state index in [1.54, 1.807) is 6.33 Å². The van der Waals surface area contributed by atoms with Crippen LogP contribution in [-0.4, -0.2) is 34.1 Å². The highest BCUT2D eigenvalue weighted by Gasteiger charge is 2.35. The van der Waals surface area contributed by atoms with Crippen LogP contribution < -0.4 is 0 Å². The minimum absolute atomic E-state index is 0.0179. The van der Waals surface area contributed by atoms with Crippen molar-refractivity contribution in [2.75, 3.05) is 13.2 Å². The van der Waals surface area contributed by atoms with Gasteiger partial charge in [-0.15, -0.1) is 0 Å². The van der Waals surface area contributed by atoms with Crippen molar-refractivity contribution in [2.24, 2.45) is 5.92 Å². The van der Waals surface area contributed by atoms with E-state index in [1.165, 1.54) is 0 Å². The van der Waals surface area contributed by atoms with Crippen LogP contribution in [0.2, 0.25) is 0 Å². The van der Waals surface area contributed by atoms with E-state index in [-0.39, 0.29) is 12.1 Å². The number of nitrogens with one attached hydrogen (secondary N) is 1. The van der Waals surface area contributed by atoms with E-state index in [9.17, 15) is 4.79 Å². The van der Waals surface area contributed by atoms with E-state index in [0.717, 1.165) is 24.2 Å². The molecule has 0 spiro atoms. The van der Waals surface area contributed by atoms with Crippen LogP contribution >= 0.6 is 0 Å². The van der Waals surface area contributed by atoms with Crippen LogP contribution in [0.5, 0.6) is 0 Å². The van der Waals surface area contributed by atoms with Crippen LogP contribution in [0.25, 0.3) is 0 Å². The lowest BCUT2D eigenvalue weighted by atomic mass is 9.94. The van der Waals surface area contributed by atoms with Gasteiger partial charge in [0.05, 0.1) is 24.7 Å². The standard InChI is InChI=1S/C13H21N3O2/c1-4-7-18-13(17)16-6-5-10-11(15-8-14-10)12(16)9(2)3/h8-9,12H,4-7H2,1-3H3,(H,14,15). The minimum atomic E-state index is -0.218. The van der Waals surface area contributed by atoms with Crippen molar-refractivity contribution in [1.82, 2.24) is 14.9 Å². The molecule has 1 aromatic heterocycles. The Kier molecular flexibility index (Phi) is 3.89. The number of carbonyl (C=O) groups excluding carboxylic acids is 1. The molecule has 1 aromatic rings. The molecule has 1 amide bonds. The summed E-state index contributed by atoms with van der Waals surface area (Å²) in [6.07, 6.45) is 3.16. The summed E-state index contributed by atoms with van der Waals surface area (Å²) in [4.78, 5) is 21.4. The van der Waals surface area contributed by atoms with Crippen LogP contribution in [0.3, 0.4) is 0 Å². The number of imidazole rings is 1. The number of hydrogen-bond donors (Lipinski definition) is 1. The first-order valence-corrected chi connectivity index (χ1v) is 6.60. The van der Waals surface area contributed by atoms with E-state index in [2.05, 4.69) is 23.8 Å². The first-order valence-electron chi connectivity index (χ1n) is 6.60. The van der Waals surface area contributed by atoms with Gasteiger partial charge in [0.25, 0.3) is 0 Å². The van der Waals surface area contributed by atoms with Crippen molar-refractivity contribution in [3.63, 3.8) is 0 Å². The lowest BCUT2D eigenvalue weighted by Gasteiger charge is -2.36. The number of aromatic nitrogens is 2. The van der Waals surface area contributed by atoms with Gasteiger partial charge in [-0.1, -0.05) is 20.8 Å². The second-order valence-electron chi connectivity index (χ2n) is 5.01. The molecule has 100 valence electrons. The molecule has 0 bridgehead atoms. The van der Waals surface area contributed by atoms with Gasteiger partial charge in [0.2, 0.25) is 0 Å². The van der Waals surface area contributed by atoms with Crippen molar-refractivity contribution >= 4 is 6.09 Å². The molecule has 0 aromatic carbocycles. The van der Waals surface area contributed by atoms with Gasteiger partial charge < -0.3 is 9.72 Å². The van der Waals surface area contributed by atoms with Gasteiger partial charge in [-0.25, -0.2) is 9.78 Å². The van der Waals surface area contributed by atoms with E-state index < -0.39 is 0 Å². The summed E-state index contributed by atoms with van der Waals surface area (Å²) < 4.78 is 5.25. The normalized spacial score (nSPS) is 18.9. The van der Waals surface area contributed by atoms with Gasteiger partial charge in [0, 0.05) is 18.7 Å². The monoisotopic (exact) mass is 251 g/mol. The van der Waals surface area contributed by atoms with Gasteiger partial charge >= 0.3 is 6.09 Å². The highest BCUT2D eigenvalue weighted by atomic mass is 16.6. The number of fused-ring (bicyclic) bond motifs is 1. The minimum Gasteiger partial charge on any atom is -0.449 e. The summed E-state index contributed by atoms with van der Waals surface area (Å²) in [6, 6.07) is 0.0179. The van der Waals surface area contributed by atoms with Crippen molar-refractivity contribution in [2.45, 2.75) is 39.7 Å². The van der Waals surface area contributed by atoms with Crippen LogP contribution in [0.4, 0.5) is 4.79 Å². The van der Waals surface area contributed by atoms with Gasteiger partial charge in [0.1, 0.15) is 0 Å². The SMILES string of the molecule is CCCOC(=O)N1CCc2[nH]cnc2C1C(C)C. The third-order valence-electron chi connectivity index (χ3n) is 3.27. The second-order valence-corrected chi connectivity index (χ2v) is 5.01. The number of rotatable bonds is 3. The fourth-order valence-corrected chi connectivity index (χ4v) is 2.46. The molecule has 0 saturated heterocycles. The Balaban J connectivity index is 2.19. The largest absolute Gasteiger partial charge is 0.449 e. The molecule has 1 aliphatic rings. The van der Waals surface area contributed by atoms with E-state index >= 15 is 0 Å². The van der Waals surface area contributed by atoms with Gasteiger partial charge in [0.15, 0.2) is 0 Å². The molecule has 1 N–H and O–H groups in total. The molecule has 5 nitrogen and oxygen atoms in total. The molecule has 0 radical (unpaired) electrons. The number of amides is 1. The number of carbonyl (C=O) groups is 1. The predicted octanol–water partition coefficient (Wildman–Crippen LogP) is 2.51. The van der Waals surface area contributed by atoms with Crippen molar-refractivity contribution in [3.05, 3.63) is 17.7 Å². The average Bonchev–Trinajstić information content (AvgIpc) is 2.82. The number of H-pyrrole nitrogens is 1. The number of aromatic amines is 1. The smallest absolute Gasteiger partial charge is 0.410 e. The molecule has 2 heterocycles. The zero-order valence-corrected chi connectivity index (χ0v) is 11.3. The molecule has 0 aliphatic carbocycles. The maximum atomic E-state index is 12.1. The quantitative estimate of drug-likeness (QED) is 0.898. The Morgan fingerprint density at radius 3 is 3.11 bits per heavy atom. The van der Waals surface area contributed by atoms with Crippen molar-refractivity contribution in [3.8, 4) is 0 Å². The Morgan fingerprint density at radius 1 is 1.67 bits per heavy atom. The number of hydrogen-bond acceptors (Lipinski definition) is 3. The molecule has 0 fully saturated rings. The van der Waals surface area contributed by atoms with Crippen molar-refractivity contribution < 1.29 is 9.53 Å². The Labute approximate surface area is 108 Å². The maximum absolute atomic E-state index is 12.1. The third-order valence-corrected chi connectivity index (χ3v) is 3.27. The van der Waals surface area contributed by atoms with Crippen LogP contribution in [-0.2, 0) is 11.2 Å². The van der Waals surface area contributed by atoms with Crippen molar-refractivity contribution in [1.29, 1.82) is 0 Å². The van der Waals surface area contributed by atoms with Gasteiger partial charge in [-0.05, 0) is 12.3 Å². The van der Waals surface area contributed by atoms with Crippen LogP contribution in [0.1, 0.15) is 44.6 Å². The highest BCUT2D eigenvalue weighted by molar-refractivity contribution is 5.68.